The molecule has 3 heterocycles. The van der Waals surface area contributed by atoms with Gasteiger partial charge in [0.15, 0.2) is 11.5 Å². The van der Waals surface area contributed by atoms with E-state index in [1.807, 2.05) is 23.6 Å². The summed E-state index contributed by atoms with van der Waals surface area (Å²) in [4.78, 5) is 16.7. The van der Waals surface area contributed by atoms with Gasteiger partial charge in [-0.1, -0.05) is 6.07 Å². The highest BCUT2D eigenvalue weighted by Crippen LogP contribution is 2.34. The van der Waals surface area contributed by atoms with Gasteiger partial charge in [-0.3, -0.25) is 4.79 Å². The third-order valence-corrected chi connectivity index (χ3v) is 8.19. The van der Waals surface area contributed by atoms with Gasteiger partial charge in [0.2, 0.25) is 10.0 Å². The van der Waals surface area contributed by atoms with E-state index in [2.05, 4.69) is 4.98 Å². The Morgan fingerprint density at radius 3 is 2.62 bits per heavy atom. The van der Waals surface area contributed by atoms with Crippen LogP contribution in [-0.2, 0) is 23.1 Å². The summed E-state index contributed by atoms with van der Waals surface area (Å²) in [6.45, 7) is 0.813. The van der Waals surface area contributed by atoms with Gasteiger partial charge >= 0.3 is 0 Å². The van der Waals surface area contributed by atoms with Crippen molar-refractivity contribution < 1.29 is 22.6 Å². The minimum Gasteiger partial charge on any atom is -0.497 e. The van der Waals surface area contributed by atoms with Crippen LogP contribution < -0.4 is 19.8 Å². The molecule has 0 saturated heterocycles. The molecule has 10 heteroatoms. The van der Waals surface area contributed by atoms with E-state index in [9.17, 15) is 13.2 Å². The van der Waals surface area contributed by atoms with E-state index in [0.717, 1.165) is 10.3 Å². The van der Waals surface area contributed by atoms with Crippen molar-refractivity contribution in [2.24, 2.45) is 0 Å². The zero-order valence-corrected chi connectivity index (χ0v) is 19.9. The molecule has 0 fully saturated rings. The number of sulfonamides is 1. The van der Waals surface area contributed by atoms with Crippen LogP contribution >= 0.6 is 11.3 Å². The molecule has 0 spiro atoms. The van der Waals surface area contributed by atoms with E-state index in [4.69, 9.17) is 14.2 Å². The van der Waals surface area contributed by atoms with Crippen molar-refractivity contribution in [3.8, 4) is 17.2 Å². The van der Waals surface area contributed by atoms with Gasteiger partial charge in [-0.15, -0.1) is 11.3 Å². The van der Waals surface area contributed by atoms with Crippen molar-refractivity contribution in [1.82, 2.24) is 9.29 Å². The van der Waals surface area contributed by atoms with Gasteiger partial charge in [0.05, 0.1) is 17.5 Å². The van der Waals surface area contributed by atoms with E-state index < -0.39 is 10.0 Å². The molecule has 0 atom stereocenters. The molecular formula is C24H22N2O6S2. The molecular weight excluding hydrogens is 476 g/mol. The average molecular weight is 499 g/mol. The Balaban J connectivity index is 1.54. The fourth-order valence-electron chi connectivity index (χ4n) is 3.80. The maximum absolute atomic E-state index is 13.7. The summed E-state index contributed by atoms with van der Waals surface area (Å²) >= 11 is 1.46. The number of aromatic amines is 1. The molecule has 2 aromatic heterocycles. The van der Waals surface area contributed by atoms with Crippen LogP contribution in [0.4, 0.5) is 0 Å². The number of nitrogens with zero attached hydrogens (tertiary/aromatic N) is 1. The summed E-state index contributed by atoms with van der Waals surface area (Å²) in [6.07, 6.45) is 0. The smallest absolute Gasteiger partial charge is 0.252 e. The number of H-pyrrole nitrogens is 1. The fourth-order valence-corrected chi connectivity index (χ4v) is 6.01. The third kappa shape index (κ3) is 4.39. The lowest BCUT2D eigenvalue weighted by molar-refractivity contribution is 0.171. The number of benzene rings is 2. The summed E-state index contributed by atoms with van der Waals surface area (Å²) in [7, 11) is -2.40. The van der Waals surface area contributed by atoms with E-state index in [0.29, 0.717) is 41.5 Å². The zero-order valence-electron chi connectivity index (χ0n) is 18.3. The second-order valence-electron chi connectivity index (χ2n) is 7.73. The molecule has 176 valence electrons. The van der Waals surface area contributed by atoms with Crippen molar-refractivity contribution in [1.29, 1.82) is 0 Å². The quantitative estimate of drug-likeness (QED) is 0.417. The predicted octanol–water partition coefficient (Wildman–Crippen LogP) is 3.76. The molecule has 1 aliphatic rings. The number of pyridine rings is 1. The first-order valence-electron chi connectivity index (χ1n) is 10.6. The largest absolute Gasteiger partial charge is 0.497 e. The maximum atomic E-state index is 13.7. The first kappa shape index (κ1) is 22.5. The van der Waals surface area contributed by atoms with Crippen molar-refractivity contribution >= 4 is 32.3 Å². The van der Waals surface area contributed by atoms with Crippen molar-refractivity contribution in [2.45, 2.75) is 18.0 Å². The van der Waals surface area contributed by atoms with Crippen LogP contribution in [-0.4, -0.2) is 38.0 Å². The molecule has 0 unspecified atom stereocenters. The molecule has 8 nitrogen and oxygen atoms in total. The van der Waals surface area contributed by atoms with Gasteiger partial charge in [0.1, 0.15) is 19.0 Å². The Bertz CT molecular complexity index is 1500. The van der Waals surface area contributed by atoms with Gasteiger partial charge in [0.25, 0.3) is 5.56 Å². The number of thiophene rings is 1. The summed E-state index contributed by atoms with van der Waals surface area (Å²) in [5.74, 6) is 1.52. The van der Waals surface area contributed by atoms with Gasteiger partial charge in [-0.2, -0.15) is 4.31 Å². The number of methoxy groups -OCH3 is 1. The van der Waals surface area contributed by atoms with E-state index >= 15 is 0 Å². The number of hydrogen-bond donors (Lipinski definition) is 1. The zero-order chi connectivity index (χ0) is 23.7. The van der Waals surface area contributed by atoms with E-state index in [-0.39, 0.29) is 23.5 Å². The van der Waals surface area contributed by atoms with Crippen LogP contribution in [0, 0.1) is 0 Å². The van der Waals surface area contributed by atoms with Gasteiger partial charge in [-0.25, -0.2) is 8.42 Å². The Morgan fingerprint density at radius 1 is 1.03 bits per heavy atom. The number of aromatic nitrogens is 1. The topological polar surface area (TPSA) is 97.9 Å². The Kier molecular flexibility index (Phi) is 6.03. The lowest BCUT2D eigenvalue weighted by atomic mass is 10.1. The highest BCUT2D eigenvalue weighted by Gasteiger charge is 2.28. The minimum atomic E-state index is -3.96. The van der Waals surface area contributed by atoms with Crippen LogP contribution in [0.25, 0.3) is 10.9 Å². The lowest BCUT2D eigenvalue weighted by Crippen LogP contribution is -2.32. The molecule has 0 aliphatic carbocycles. The van der Waals surface area contributed by atoms with Crippen LogP contribution in [0.2, 0.25) is 0 Å². The molecule has 34 heavy (non-hydrogen) atoms. The molecule has 1 N–H and O–H groups in total. The van der Waals surface area contributed by atoms with E-state index in [1.165, 1.54) is 27.8 Å². The predicted molar refractivity (Wildman–Crippen MR) is 129 cm³/mol. The monoisotopic (exact) mass is 498 g/mol. The first-order chi connectivity index (χ1) is 16.4. The minimum absolute atomic E-state index is 0.0789. The van der Waals surface area contributed by atoms with Gasteiger partial charge in [0, 0.05) is 35.7 Å². The normalized spacial score (nSPS) is 13.4. The average Bonchev–Trinajstić information content (AvgIpc) is 3.36. The maximum Gasteiger partial charge on any atom is 0.252 e. The molecule has 0 amide bonds. The number of ether oxygens (including phenoxy) is 3. The molecule has 5 rings (SSSR count). The Morgan fingerprint density at radius 2 is 1.85 bits per heavy atom. The molecule has 1 aliphatic heterocycles. The van der Waals surface area contributed by atoms with Crippen LogP contribution in [0.5, 0.6) is 17.2 Å². The molecule has 0 saturated carbocycles. The van der Waals surface area contributed by atoms with Crippen LogP contribution in [0.1, 0.15) is 10.4 Å². The molecule has 2 aromatic carbocycles. The van der Waals surface area contributed by atoms with Crippen molar-refractivity contribution in [3.63, 3.8) is 0 Å². The Labute approximate surface area is 200 Å². The fraction of sp³-hybridized carbons (Fsp3) is 0.208. The number of rotatable bonds is 7. The van der Waals surface area contributed by atoms with Crippen molar-refractivity contribution in [2.75, 3.05) is 20.3 Å². The Hall–Kier alpha value is -3.34. The van der Waals surface area contributed by atoms with Crippen LogP contribution in [0.3, 0.4) is 0 Å². The van der Waals surface area contributed by atoms with E-state index in [1.54, 1.807) is 31.4 Å². The third-order valence-electron chi connectivity index (χ3n) is 5.54. The highest BCUT2D eigenvalue weighted by atomic mass is 32.2. The first-order valence-corrected chi connectivity index (χ1v) is 12.9. The SMILES string of the molecule is COc1ccc2cc(CN(Cc3cccs3)S(=O)(=O)c3ccc4c(c3)OCCO4)c(=O)[nH]c2c1. The lowest BCUT2D eigenvalue weighted by Gasteiger charge is -2.23. The molecule has 0 bridgehead atoms. The standard InChI is InChI=1S/C24H22N2O6S2/c1-30-18-5-4-16-11-17(24(27)25-21(16)12-18)14-26(15-19-3-2-10-33-19)34(28,29)20-6-7-22-23(13-20)32-9-8-31-22/h2-7,10-13H,8-9,14-15H2,1H3,(H,25,27). The second-order valence-corrected chi connectivity index (χ2v) is 10.7. The number of nitrogens with one attached hydrogen (secondary N) is 1. The summed E-state index contributed by atoms with van der Waals surface area (Å²) in [5, 5.41) is 2.67. The summed E-state index contributed by atoms with van der Waals surface area (Å²) in [6, 6.07) is 15.4. The van der Waals surface area contributed by atoms with Crippen molar-refractivity contribution in [3.05, 3.63) is 80.8 Å². The highest BCUT2D eigenvalue weighted by molar-refractivity contribution is 7.89. The van der Waals surface area contributed by atoms with Crippen LogP contribution in [0.15, 0.2) is 69.7 Å². The van der Waals surface area contributed by atoms with Gasteiger partial charge in [-0.05, 0) is 47.2 Å². The second kappa shape index (κ2) is 9.13. The summed E-state index contributed by atoms with van der Waals surface area (Å²) in [5.41, 5.74) is 0.609. The summed E-state index contributed by atoms with van der Waals surface area (Å²) < 4.78 is 45.1. The number of fused-ring (bicyclic) bond motifs is 2. The molecule has 0 radical (unpaired) electrons. The van der Waals surface area contributed by atoms with Gasteiger partial charge < -0.3 is 19.2 Å². The number of hydrogen-bond acceptors (Lipinski definition) is 7. The molecule has 4 aromatic rings.